The van der Waals surface area contributed by atoms with Crippen molar-refractivity contribution in [2.24, 2.45) is 0 Å². The lowest BCUT2D eigenvalue weighted by molar-refractivity contribution is -0.109. The summed E-state index contributed by atoms with van der Waals surface area (Å²) in [5, 5.41) is 3.09. The maximum Gasteiger partial charge on any atom is 0.138 e. The fourth-order valence-corrected chi connectivity index (χ4v) is 1.82. The van der Waals surface area contributed by atoms with Crippen LogP contribution in [0.2, 0.25) is 0 Å². The Balaban J connectivity index is 2.62. The zero-order valence-electron chi connectivity index (χ0n) is 5.68. The predicted octanol–water partition coefficient (Wildman–Crippen LogP) is 0.626. The van der Waals surface area contributed by atoms with Gasteiger partial charge in [0.1, 0.15) is 6.29 Å². The molecule has 1 aliphatic rings. The second kappa shape index (κ2) is 2.31. The van der Waals surface area contributed by atoms with E-state index in [0.29, 0.717) is 0 Å². The maximum atomic E-state index is 10.3. The molecule has 0 saturated carbocycles. The van der Waals surface area contributed by atoms with Gasteiger partial charge in [0.15, 0.2) is 0 Å². The lowest BCUT2D eigenvalue weighted by Crippen LogP contribution is -2.37. The van der Waals surface area contributed by atoms with Gasteiger partial charge in [0.05, 0.1) is 6.04 Å². The molecular formula is C6H11NOS. The van der Waals surface area contributed by atoms with Gasteiger partial charge in [0.25, 0.3) is 0 Å². The highest BCUT2D eigenvalue weighted by Gasteiger charge is 2.34. The van der Waals surface area contributed by atoms with Crippen LogP contribution in [0.1, 0.15) is 13.8 Å². The monoisotopic (exact) mass is 145 g/mol. The van der Waals surface area contributed by atoms with E-state index < -0.39 is 0 Å². The van der Waals surface area contributed by atoms with E-state index in [-0.39, 0.29) is 10.8 Å². The van der Waals surface area contributed by atoms with E-state index in [9.17, 15) is 4.79 Å². The quantitative estimate of drug-likeness (QED) is 0.549. The van der Waals surface area contributed by atoms with Crippen molar-refractivity contribution in [3.8, 4) is 0 Å². The van der Waals surface area contributed by atoms with E-state index >= 15 is 0 Å². The summed E-state index contributed by atoms with van der Waals surface area (Å²) in [5.74, 6) is 0.899. The first-order valence-electron chi connectivity index (χ1n) is 2.99. The fraction of sp³-hybridized carbons (Fsp3) is 0.833. The summed E-state index contributed by atoms with van der Waals surface area (Å²) >= 11 is 1.79. The molecule has 0 spiro atoms. The minimum atomic E-state index is 0.0440. The molecular weight excluding hydrogens is 134 g/mol. The van der Waals surface area contributed by atoms with Crippen molar-refractivity contribution in [1.82, 2.24) is 5.32 Å². The molecule has 9 heavy (non-hydrogen) atoms. The summed E-state index contributed by atoms with van der Waals surface area (Å²) in [6, 6.07) is 0.0440. The number of carbonyl (C=O) groups excluding carboxylic acids is 1. The van der Waals surface area contributed by atoms with E-state index in [4.69, 9.17) is 0 Å². The summed E-state index contributed by atoms with van der Waals surface area (Å²) in [5.41, 5.74) is 0. The first-order chi connectivity index (χ1) is 4.17. The highest BCUT2D eigenvalue weighted by molar-refractivity contribution is 8.00. The van der Waals surface area contributed by atoms with Crippen molar-refractivity contribution in [3.05, 3.63) is 0 Å². The van der Waals surface area contributed by atoms with Crippen LogP contribution in [-0.4, -0.2) is 23.0 Å². The minimum Gasteiger partial charge on any atom is -0.302 e. The molecule has 1 rings (SSSR count). The third-order valence-electron chi connectivity index (χ3n) is 1.63. The predicted molar refractivity (Wildman–Crippen MR) is 39.5 cm³/mol. The molecule has 0 bridgehead atoms. The van der Waals surface area contributed by atoms with Gasteiger partial charge in [0.2, 0.25) is 0 Å². The van der Waals surface area contributed by atoms with Crippen molar-refractivity contribution in [2.75, 3.05) is 5.88 Å². The molecule has 1 N–H and O–H groups in total. The molecule has 0 unspecified atom stereocenters. The fourth-order valence-electron chi connectivity index (χ4n) is 0.865. The van der Waals surface area contributed by atoms with Crippen LogP contribution in [0.25, 0.3) is 0 Å². The van der Waals surface area contributed by atoms with Gasteiger partial charge in [-0.15, -0.1) is 11.8 Å². The standard InChI is InChI=1S/C6H11NOS/c1-6(2)5(3-8)7-4-9-6/h3,5,7H,4H2,1-2H3/t5-/m1/s1. The zero-order chi connectivity index (χ0) is 6.91. The SMILES string of the molecule is CC1(C)SCN[C@@H]1C=O. The zero-order valence-corrected chi connectivity index (χ0v) is 6.49. The van der Waals surface area contributed by atoms with Gasteiger partial charge in [-0.2, -0.15) is 0 Å². The Morgan fingerprint density at radius 1 is 1.78 bits per heavy atom. The van der Waals surface area contributed by atoms with E-state index in [1.165, 1.54) is 0 Å². The van der Waals surface area contributed by atoms with Gasteiger partial charge in [-0.05, 0) is 13.8 Å². The summed E-state index contributed by atoms with van der Waals surface area (Å²) in [7, 11) is 0. The van der Waals surface area contributed by atoms with E-state index in [0.717, 1.165) is 12.2 Å². The average Bonchev–Trinajstić information content (AvgIpc) is 2.08. The van der Waals surface area contributed by atoms with Crippen molar-refractivity contribution < 1.29 is 4.79 Å². The molecule has 1 aliphatic heterocycles. The largest absolute Gasteiger partial charge is 0.302 e. The Hall–Kier alpha value is -0.0200. The molecule has 52 valence electrons. The van der Waals surface area contributed by atoms with Crippen molar-refractivity contribution in [3.63, 3.8) is 0 Å². The Morgan fingerprint density at radius 3 is 2.67 bits per heavy atom. The van der Waals surface area contributed by atoms with Gasteiger partial charge >= 0.3 is 0 Å². The van der Waals surface area contributed by atoms with E-state index in [1.807, 2.05) is 0 Å². The molecule has 1 saturated heterocycles. The number of aldehydes is 1. The smallest absolute Gasteiger partial charge is 0.138 e. The summed E-state index contributed by atoms with van der Waals surface area (Å²) < 4.78 is 0.0990. The third kappa shape index (κ3) is 1.27. The van der Waals surface area contributed by atoms with E-state index in [2.05, 4.69) is 19.2 Å². The van der Waals surface area contributed by atoms with E-state index in [1.54, 1.807) is 11.8 Å². The second-order valence-electron chi connectivity index (χ2n) is 2.71. The van der Waals surface area contributed by atoms with Crippen molar-refractivity contribution in [2.45, 2.75) is 24.6 Å². The second-order valence-corrected chi connectivity index (χ2v) is 4.34. The molecule has 0 aliphatic carbocycles. The molecule has 2 nitrogen and oxygen atoms in total. The van der Waals surface area contributed by atoms with Gasteiger partial charge in [-0.3, -0.25) is 5.32 Å². The van der Waals surface area contributed by atoms with Gasteiger partial charge < -0.3 is 4.79 Å². The summed E-state index contributed by atoms with van der Waals surface area (Å²) in [4.78, 5) is 10.3. The van der Waals surface area contributed by atoms with Crippen LogP contribution in [0, 0.1) is 0 Å². The maximum absolute atomic E-state index is 10.3. The van der Waals surface area contributed by atoms with Crippen LogP contribution < -0.4 is 5.32 Å². The van der Waals surface area contributed by atoms with Crippen LogP contribution in [0.3, 0.4) is 0 Å². The Bertz CT molecular complexity index is 124. The Kier molecular flexibility index (Phi) is 1.82. The highest BCUT2D eigenvalue weighted by Crippen LogP contribution is 2.31. The number of thioether (sulfide) groups is 1. The third-order valence-corrected chi connectivity index (χ3v) is 2.94. The van der Waals surface area contributed by atoms with Crippen molar-refractivity contribution >= 4 is 18.0 Å². The van der Waals surface area contributed by atoms with Gasteiger partial charge in [0, 0.05) is 10.6 Å². The van der Waals surface area contributed by atoms with Gasteiger partial charge in [-0.1, -0.05) is 0 Å². The molecule has 0 aromatic rings. The summed E-state index contributed by atoms with van der Waals surface area (Å²) in [6.45, 7) is 4.16. The van der Waals surface area contributed by atoms with Crippen LogP contribution >= 0.6 is 11.8 Å². The number of hydrogen-bond acceptors (Lipinski definition) is 3. The molecule has 0 aromatic heterocycles. The molecule has 1 heterocycles. The van der Waals surface area contributed by atoms with Crippen molar-refractivity contribution in [1.29, 1.82) is 0 Å². The molecule has 0 aromatic carbocycles. The molecule has 0 radical (unpaired) electrons. The van der Waals surface area contributed by atoms with Crippen LogP contribution in [-0.2, 0) is 4.79 Å². The number of nitrogens with one attached hydrogen (secondary N) is 1. The lowest BCUT2D eigenvalue weighted by Gasteiger charge is -2.19. The first-order valence-corrected chi connectivity index (χ1v) is 3.98. The van der Waals surface area contributed by atoms with Crippen LogP contribution in [0.4, 0.5) is 0 Å². The van der Waals surface area contributed by atoms with Crippen LogP contribution in [0.15, 0.2) is 0 Å². The number of rotatable bonds is 1. The molecule has 0 amide bonds. The minimum absolute atomic E-state index is 0.0440. The lowest BCUT2D eigenvalue weighted by atomic mass is 10.1. The average molecular weight is 145 g/mol. The molecule has 1 atom stereocenters. The normalized spacial score (nSPS) is 32.4. The number of hydrogen-bond donors (Lipinski definition) is 1. The number of carbonyl (C=O) groups is 1. The first kappa shape index (κ1) is 7.09. The highest BCUT2D eigenvalue weighted by atomic mass is 32.2. The Labute approximate surface area is 59.4 Å². The topological polar surface area (TPSA) is 29.1 Å². The molecule has 3 heteroatoms. The summed E-state index contributed by atoms with van der Waals surface area (Å²) in [6.07, 6.45) is 0.986. The van der Waals surface area contributed by atoms with Crippen LogP contribution in [0.5, 0.6) is 0 Å². The van der Waals surface area contributed by atoms with Gasteiger partial charge in [-0.25, -0.2) is 0 Å². The molecule has 1 fully saturated rings. The Morgan fingerprint density at radius 2 is 2.44 bits per heavy atom.